The van der Waals surface area contributed by atoms with E-state index in [9.17, 15) is 4.79 Å². The number of carbonyl (C=O) groups is 1. The number of hydrogen-bond acceptors (Lipinski definition) is 3. The van der Waals surface area contributed by atoms with E-state index in [0.29, 0.717) is 11.8 Å². The summed E-state index contributed by atoms with van der Waals surface area (Å²) < 4.78 is 0. The molecule has 0 spiro atoms. The molecule has 0 aromatic rings. The molecule has 2 unspecified atom stereocenters. The van der Waals surface area contributed by atoms with Crippen molar-refractivity contribution >= 4 is 17.7 Å². The first kappa shape index (κ1) is 13.2. The first-order chi connectivity index (χ1) is 8.27. The predicted molar refractivity (Wildman–Crippen MR) is 73.3 cm³/mol. The number of carbonyl (C=O) groups excluding carboxylic acids is 1. The van der Waals surface area contributed by atoms with Gasteiger partial charge < -0.3 is 10.2 Å². The van der Waals surface area contributed by atoms with Gasteiger partial charge in [-0.15, -0.1) is 11.8 Å². The first-order valence-electron chi connectivity index (χ1n) is 6.84. The number of amides is 1. The molecule has 0 aliphatic carbocycles. The largest absolute Gasteiger partial charge is 0.344 e. The van der Waals surface area contributed by atoms with Crippen LogP contribution in [0.15, 0.2) is 0 Å². The summed E-state index contributed by atoms with van der Waals surface area (Å²) >= 11 is 1.85. The fraction of sp³-hybridized carbons (Fsp3) is 0.923. The normalized spacial score (nSPS) is 29.9. The van der Waals surface area contributed by atoms with E-state index in [2.05, 4.69) is 5.32 Å². The molecule has 2 aliphatic heterocycles. The third kappa shape index (κ3) is 3.88. The Balaban J connectivity index is 1.77. The van der Waals surface area contributed by atoms with Crippen LogP contribution in [0.5, 0.6) is 0 Å². The zero-order valence-corrected chi connectivity index (χ0v) is 11.6. The average Bonchev–Trinajstić information content (AvgIpc) is 2.40. The number of nitrogens with zero attached hydrogens (tertiary/aromatic N) is 1. The molecule has 2 saturated heterocycles. The molecule has 2 atom stereocenters. The van der Waals surface area contributed by atoms with Gasteiger partial charge in [0.15, 0.2) is 0 Å². The Morgan fingerprint density at radius 3 is 2.88 bits per heavy atom. The minimum Gasteiger partial charge on any atom is -0.344 e. The summed E-state index contributed by atoms with van der Waals surface area (Å²) in [5, 5.41) is 3.66. The van der Waals surface area contributed by atoms with Crippen LogP contribution in [-0.2, 0) is 4.79 Å². The van der Waals surface area contributed by atoms with E-state index in [0.717, 1.165) is 31.8 Å². The molecule has 17 heavy (non-hydrogen) atoms. The lowest BCUT2D eigenvalue weighted by molar-refractivity contribution is -0.130. The summed E-state index contributed by atoms with van der Waals surface area (Å²) in [6.45, 7) is 3.16. The summed E-state index contributed by atoms with van der Waals surface area (Å²) in [5.41, 5.74) is 0. The number of thioether (sulfide) groups is 1. The number of rotatable bonds is 3. The third-order valence-electron chi connectivity index (χ3n) is 3.76. The summed E-state index contributed by atoms with van der Waals surface area (Å²) in [4.78, 5) is 14.2. The minimum absolute atomic E-state index is 0.241. The fourth-order valence-corrected chi connectivity index (χ4v) is 4.05. The molecule has 0 saturated carbocycles. The maximum Gasteiger partial charge on any atom is 0.235 e. The smallest absolute Gasteiger partial charge is 0.235 e. The highest BCUT2D eigenvalue weighted by atomic mass is 32.2. The monoisotopic (exact) mass is 256 g/mol. The van der Waals surface area contributed by atoms with Gasteiger partial charge in [0.2, 0.25) is 5.91 Å². The Morgan fingerprint density at radius 2 is 2.24 bits per heavy atom. The van der Waals surface area contributed by atoms with Crippen LogP contribution in [0, 0.1) is 5.92 Å². The van der Waals surface area contributed by atoms with E-state index >= 15 is 0 Å². The second-order valence-corrected chi connectivity index (χ2v) is 6.60. The van der Waals surface area contributed by atoms with Crippen molar-refractivity contribution in [3.63, 3.8) is 0 Å². The third-order valence-corrected chi connectivity index (χ3v) is 5.13. The van der Waals surface area contributed by atoms with Crippen LogP contribution in [0.25, 0.3) is 0 Å². The molecule has 2 aliphatic rings. The van der Waals surface area contributed by atoms with Crippen molar-refractivity contribution < 1.29 is 4.79 Å². The van der Waals surface area contributed by atoms with Crippen molar-refractivity contribution in [2.24, 2.45) is 5.92 Å². The topological polar surface area (TPSA) is 32.3 Å². The van der Waals surface area contributed by atoms with Crippen molar-refractivity contribution in [1.29, 1.82) is 0 Å². The minimum atomic E-state index is 0.241. The summed E-state index contributed by atoms with van der Waals surface area (Å²) in [5.74, 6) is 2.18. The van der Waals surface area contributed by atoms with Crippen molar-refractivity contribution in [2.45, 2.75) is 37.4 Å². The molecule has 0 aromatic heterocycles. The van der Waals surface area contributed by atoms with Crippen molar-refractivity contribution in [3.8, 4) is 0 Å². The zero-order valence-electron chi connectivity index (χ0n) is 10.8. The molecule has 2 rings (SSSR count). The molecule has 0 radical (unpaired) electrons. The molecule has 2 fully saturated rings. The molecule has 0 bridgehead atoms. The lowest BCUT2D eigenvalue weighted by Crippen LogP contribution is -2.42. The zero-order chi connectivity index (χ0) is 12.1. The SMILES string of the molecule is CN(CC1CCCNC1)C(=O)C1CCCCS1. The highest BCUT2D eigenvalue weighted by Crippen LogP contribution is 2.26. The lowest BCUT2D eigenvalue weighted by atomic mass is 9.99. The fourth-order valence-electron chi connectivity index (χ4n) is 2.74. The molecule has 3 nitrogen and oxygen atoms in total. The second kappa shape index (κ2) is 6.64. The first-order valence-corrected chi connectivity index (χ1v) is 7.89. The molecular weight excluding hydrogens is 232 g/mol. The van der Waals surface area contributed by atoms with Gasteiger partial charge in [-0.25, -0.2) is 0 Å². The Morgan fingerprint density at radius 1 is 1.35 bits per heavy atom. The van der Waals surface area contributed by atoms with Crippen LogP contribution in [0.2, 0.25) is 0 Å². The number of piperidine rings is 1. The molecule has 98 valence electrons. The average molecular weight is 256 g/mol. The van der Waals surface area contributed by atoms with Crippen LogP contribution in [0.1, 0.15) is 32.1 Å². The van der Waals surface area contributed by atoms with E-state index in [1.54, 1.807) is 0 Å². The van der Waals surface area contributed by atoms with Gasteiger partial charge in [-0.05, 0) is 50.4 Å². The lowest BCUT2D eigenvalue weighted by Gasteiger charge is -2.30. The maximum atomic E-state index is 12.3. The van der Waals surface area contributed by atoms with Gasteiger partial charge in [0.25, 0.3) is 0 Å². The van der Waals surface area contributed by atoms with Gasteiger partial charge in [-0.3, -0.25) is 4.79 Å². The predicted octanol–water partition coefficient (Wildman–Crippen LogP) is 1.73. The maximum absolute atomic E-state index is 12.3. The van der Waals surface area contributed by atoms with Crippen LogP contribution in [0.4, 0.5) is 0 Å². The Hall–Kier alpha value is -0.220. The van der Waals surface area contributed by atoms with Crippen molar-refractivity contribution in [1.82, 2.24) is 10.2 Å². The molecular formula is C13H24N2OS. The van der Waals surface area contributed by atoms with Crippen molar-refractivity contribution in [2.75, 3.05) is 32.4 Å². The van der Waals surface area contributed by atoms with E-state index in [1.165, 1.54) is 25.7 Å². The Kier molecular flexibility index (Phi) is 5.16. The van der Waals surface area contributed by atoms with Gasteiger partial charge >= 0.3 is 0 Å². The van der Waals surface area contributed by atoms with Crippen LogP contribution in [-0.4, -0.2) is 48.5 Å². The number of nitrogens with one attached hydrogen (secondary N) is 1. The second-order valence-electron chi connectivity index (χ2n) is 5.29. The summed E-state index contributed by atoms with van der Waals surface area (Å²) in [6, 6.07) is 0. The van der Waals surface area contributed by atoms with Crippen LogP contribution < -0.4 is 5.32 Å². The Bertz CT molecular complexity index is 248. The Labute approximate surface area is 109 Å². The van der Waals surface area contributed by atoms with Gasteiger partial charge in [0.1, 0.15) is 0 Å². The van der Waals surface area contributed by atoms with E-state index in [1.807, 2.05) is 23.7 Å². The summed E-state index contributed by atoms with van der Waals surface area (Å²) in [7, 11) is 1.98. The summed E-state index contributed by atoms with van der Waals surface area (Å²) in [6.07, 6.45) is 6.11. The molecule has 4 heteroatoms. The highest BCUT2D eigenvalue weighted by Gasteiger charge is 2.26. The standard InChI is InChI=1S/C13H24N2OS/c1-15(10-11-5-4-7-14-9-11)13(16)12-6-2-3-8-17-12/h11-12,14H,2-10H2,1H3. The highest BCUT2D eigenvalue weighted by molar-refractivity contribution is 8.00. The van der Waals surface area contributed by atoms with Gasteiger partial charge in [-0.1, -0.05) is 6.42 Å². The van der Waals surface area contributed by atoms with E-state index in [4.69, 9.17) is 0 Å². The van der Waals surface area contributed by atoms with E-state index in [-0.39, 0.29) is 5.25 Å². The van der Waals surface area contributed by atoms with Crippen LogP contribution in [0.3, 0.4) is 0 Å². The van der Waals surface area contributed by atoms with Crippen molar-refractivity contribution in [3.05, 3.63) is 0 Å². The van der Waals surface area contributed by atoms with Crippen LogP contribution >= 0.6 is 11.8 Å². The molecule has 1 amide bonds. The van der Waals surface area contributed by atoms with Gasteiger partial charge in [0, 0.05) is 13.6 Å². The van der Waals surface area contributed by atoms with Gasteiger partial charge in [-0.2, -0.15) is 0 Å². The van der Waals surface area contributed by atoms with Gasteiger partial charge in [0.05, 0.1) is 5.25 Å². The number of hydrogen-bond donors (Lipinski definition) is 1. The molecule has 2 heterocycles. The molecule has 1 N–H and O–H groups in total. The van der Waals surface area contributed by atoms with E-state index < -0.39 is 0 Å². The molecule has 0 aromatic carbocycles. The quantitative estimate of drug-likeness (QED) is 0.834.